The molecular formula is C13H21ClN2O3S. The molecule has 0 radical (unpaired) electrons. The van der Waals surface area contributed by atoms with Crippen molar-refractivity contribution in [3.8, 4) is 0 Å². The Morgan fingerprint density at radius 2 is 2.05 bits per heavy atom. The number of hydrogen-bond donors (Lipinski definition) is 1. The normalized spacial score (nSPS) is 13.7. The molecule has 0 bridgehead atoms. The maximum absolute atomic E-state index is 12.6. The van der Waals surface area contributed by atoms with E-state index in [-0.39, 0.29) is 16.0 Å². The molecular weight excluding hydrogens is 300 g/mol. The van der Waals surface area contributed by atoms with Gasteiger partial charge in [-0.3, -0.25) is 4.79 Å². The van der Waals surface area contributed by atoms with E-state index in [0.717, 1.165) is 19.3 Å². The zero-order valence-corrected chi connectivity index (χ0v) is 13.6. The fourth-order valence-corrected chi connectivity index (χ4v) is 3.79. The molecule has 0 aliphatic rings. The summed E-state index contributed by atoms with van der Waals surface area (Å²) in [6.45, 7) is 6.29. The van der Waals surface area contributed by atoms with Crippen molar-refractivity contribution in [1.82, 2.24) is 9.29 Å². The van der Waals surface area contributed by atoms with Crippen molar-refractivity contribution in [2.45, 2.75) is 51.0 Å². The van der Waals surface area contributed by atoms with Gasteiger partial charge < -0.3 is 4.98 Å². The molecule has 20 heavy (non-hydrogen) atoms. The molecule has 0 spiro atoms. The summed E-state index contributed by atoms with van der Waals surface area (Å²) >= 11 is 5.72. The lowest BCUT2D eigenvalue weighted by Gasteiger charge is -2.27. The number of H-pyrrole nitrogens is 1. The van der Waals surface area contributed by atoms with E-state index in [0.29, 0.717) is 6.54 Å². The Morgan fingerprint density at radius 1 is 1.40 bits per heavy atom. The highest BCUT2D eigenvalue weighted by Crippen LogP contribution is 2.20. The van der Waals surface area contributed by atoms with Crippen molar-refractivity contribution in [3.05, 3.63) is 27.6 Å². The van der Waals surface area contributed by atoms with E-state index in [9.17, 15) is 13.2 Å². The number of nitrogens with one attached hydrogen (secondary N) is 1. The zero-order valence-electron chi connectivity index (χ0n) is 12.0. The average Bonchev–Trinajstić information content (AvgIpc) is 2.41. The molecule has 0 aromatic carbocycles. The Hall–Kier alpha value is -0.850. The summed E-state index contributed by atoms with van der Waals surface area (Å²) in [6, 6.07) is 1.11. The van der Waals surface area contributed by atoms with Gasteiger partial charge in [-0.2, -0.15) is 4.31 Å². The molecule has 1 atom stereocenters. The van der Waals surface area contributed by atoms with Gasteiger partial charge in [-0.1, -0.05) is 31.9 Å². The maximum Gasteiger partial charge on any atom is 0.266 e. The zero-order chi connectivity index (χ0) is 15.3. The number of aromatic amines is 1. The molecule has 1 heterocycles. The minimum Gasteiger partial charge on any atom is -0.326 e. The third-order valence-corrected chi connectivity index (χ3v) is 5.52. The molecule has 1 unspecified atom stereocenters. The standard InChI is InChI=1S/C13H21ClN2O3S/c1-4-6-7-16(10(3)5-2)20(18,19)11-8-12(14)13(17)15-9-11/h8-10H,4-7H2,1-3H3,(H,15,17). The van der Waals surface area contributed by atoms with Crippen LogP contribution < -0.4 is 5.56 Å². The van der Waals surface area contributed by atoms with Crippen LogP contribution >= 0.6 is 11.6 Å². The van der Waals surface area contributed by atoms with Crippen LogP contribution in [0.25, 0.3) is 0 Å². The van der Waals surface area contributed by atoms with Gasteiger partial charge in [0.15, 0.2) is 0 Å². The van der Waals surface area contributed by atoms with Crippen LogP contribution in [-0.2, 0) is 10.0 Å². The Labute approximate surface area is 125 Å². The second-order valence-electron chi connectivity index (χ2n) is 4.74. The molecule has 0 saturated carbocycles. The molecule has 1 N–H and O–H groups in total. The Kier molecular flexibility index (Phi) is 6.23. The Bertz CT molecular complexity index is 598. The van der Waals surface area contributed by atoms with E-state index < -0.39 is 15.6 Å². The first kappa shape index (κ1) is 17.2. The van der Waals surface area contributed by atoms with E-state index >= 15 is 0 Å². The van der Waals surface area contributed by atoms with Crippen LogP contribution in [0, 0.1) is 0 Å². The van der Waals surface area contributed by atoms with E-state index in [1.165, 1.54) is 16.6 Å². The van der Waals surface area contributed by atoms with Gasteiger partial charge in [0.2, 0.25) is 10.0 Å². The summed E-state index contributed by atoms with van der Waals surface area (Å²) < 4.78 is 26.8. The van der Waals surface area contributed by atoms with Gasteiger partial charge in [-0.05, 0) is 25.8 Å². The first-order chi connectivity index (χ1) is 9.34. The molecule has 0 saturated heterocycles. The average molecular weight is 321 g/mol. The number of sulfonamides is 1. The van der Waals surface area contributed by atoms with Gasteiger partial charge in [-0.15, -0.1) is 0 Å². The summed E-state index contributed by atoms with van der Waals surface area (Å²) in [5, 5.41) is -0.120. The van der Waals surface area contributed by atoms with Crippen LogP contribution in [0.2, 0.25) is 5.02 Å². The van der Waals surface area contributed by atoms with Crippen molar-refractivity contribution in [1.29, 1.82) is 0 Å². The second kappa shape index (κ2) is 7.24. The molecule has 0 aliphatic carbocycles. The lowest BCUT2D eigenvalue weighted by atomic mass is 10.2. The molecule has 114 valence electrons. The molecule has 7 heteroatoms. The molecule has 5 nitrogen and oxygen atoms in total. The molecule has 0 amide bonds. The number of nitrogens with zero attached hydrogens (tertiary/aromatic N) is 1. The van der Waals surface area contributed by atoms with Gasteiger partial charge in [0.05, 0.1) is 4.90 Å². The van der Waals surface area contributed by atoms with E-state index in [1.807, 2.05) is 20.8 Å². The van der Waals surface area contributed by atoms with E-state index in [4.69, 9.17) is 11.6 Å². The van der Waals surface area contributed by atoms with Gasteiger partial charge in [-0.25, -0.2) is 8.42 Å². The van der Waals surface area contributed by atoms with Crippen LogP contribution in [0.5, 0.6) is 0 Å². The quantitative estimate of drug-likeness (QED) is 0.839. The summed E-state index contributed by atoms with van der Waals surface area (Å²) in [6.07, 6.45) is 3.63. The summed E-state index contributed by atoms with van der Waals surface area (Å²) in [7, 11) is -3.65. The Balaban J connectivity index is 3.20. The number of halogens is 1. The minimum atomic E-state index is -3.65. The van der Waals surface area contributed by atoms with E-state index in [2.05, 4.69) is 4.98 Å². The number of rotatable bonds is 7. The lowest BCUT2D eigenvalue weighted by Crippen LogP contribution is -2.39. The highest BCUT2D eigenvalue weighted by Gasteiger charge is 2.28. The van der Waals surface area contributed by atoms with Crippen LogP contribution in [0.15, 0.2) is 22.0 Å². The van der Waals surface area contributed by atoms with Crippen LogP contribution in [0.3, 0.4) is 0 Å². The third-order valence-electron chi connectivity index (χ3n) is 3.25. The highest BCUT2D eigenvalue weighted by molar-refractivity contribution is 7.89. The van der Waals surface area contributed by atoms with Crippen LogP contribution in [-0.4, -0.2) is 30.3 Å². The maximum atomic E-state index is 12.6. The summed E-state index contributed by atoms with van der Waals surface area (Å²) in [5.41, 5.74) is -0.491. The van der Waals surface area contributed by atoms with E-state index in [1.54, 1.807) is 0 Å². The predicted molar refractivity (Wildman–Crippen MR) is 80.6 cm³/mol. The van der Waals surface area contributed by atoms with Gasteiger partial charge >= 0.3 is 0 Å². The smallest absolute Gasteiger partial charge is 0.266 e. The second-order valence-corrected chi connectivity index (χ2v) is 7.04. The minimum absolute atomic E-state index is 0.0264. The van der Waals surface area contributed by atoms with Gasteiger partial charge in [0, 0.05) is 18.8 Å². The van der Waals surface area contributed by atoms with Crippen molar-refractivity contribution in [3.63, 3.8) is 0 Å². The monoisotopic (exact) mass is 320 g/mol. The number of unbranched alkanes of at least 4 members (excludes halogenated alkanes) is 1. The number of hydrogen-bond acceptors (Lipinski definition) is 3. The predicted octanol–water partition coefficient (Wildman–Crippen LogP) is 2.62. The molecule has 1 aromatic heterocycles. The summed E-state index contributed by atoms with van der Waals surface area (Å²) in [5.74, 6) is 0. The van der Waals surface area contributed by atoms with Crippen molar-refractivity contribution < 1.29 is 8.42 Å². The number of aromatic nitrogens is 1. The first-order valence-corrected chi connectivity index (χ1v) is 8.56. The van der Waals surface area contributed by atoms with Crippen LogP contribution in [0.1, 0.15) is 40.0 Å². The fourth-order valence-electron chi connectivity index (χ4n) is 1.82. The van der Waals surface area contributed by atoms with Crippen molar-refractivity contribution in [2.75, 3.05) is 6.54 Å². The SMILES string of the molecule is CCCCN(C(C)CC)S(=O)(=O)c1c[nH]c(=O)c(Cl)c1. The molecule has 1 aromatic rings. The molecule has 1 rings (SSSR count). The van der Waals surface area contributed by atoms with Crippen LogP contribution in [0.4, 0.5) is 0 Å². The van der Waals surface area contributed by atoms with Gasteiger partial charge in [0.25, 0.3) is 5.56 Å². The van der Waals surface area contributed by atoms with Crippen molar-refractivity contribution in [2.24, 2.45) is 0 Å². The van der Waals surface area contributed by atoms with Gasteiger partial charge in [0.1, 0.15) is 5.02 Å². The third kappa shape index (κ3) is 3.84. The first-order valence-electron chi connectivity index (χ1n) is 6.74. The molecule has 0 fully saturated rings. The van der Waals surface area contributed by atoms with Crippen molar-refractivity contribution >= 4 is 21.6 Å². The fraction of sp³-hybridized carbons (Fsp3) is 0.615. The highest BCUT2D eigenvalue weighted by atomic mass is 35.5. The lowest BCUT2D eigenvalue weighted by molar-refractivity contribution is 0.324. The number of pyridine rings is 1. The topological polar surface area (TPSA) is 70.2 Å². The largest absolute Gasteiger partial charge is 0.326 e. The summed E-state index contributed by atoms with van der Waals surface area (Å²) in [4.78, 5) is 13.6. The molecule has 0 aliphatic heterocycles. The Morgan fingerprint density at radius 3 is 2.55 bits per heavy atom.